The summed E-state index contributed by atoms with van der Waals surface area (Å²) in [6.07, 6.45) is 4.96. The van der Waals surface area contributed by atoms with Crippen LogP contribution in [0.3, 0.4) is 0 Å². The molecule has 1 atom stereocenters. The summed E-state index contributed by atoms with van der Waals surface area (Å²) in [5.41, 5.74) is 0. The van der Waals surface area contributed by atoms with Crippen molar-refractivity contribution in [2.75, 3.05) is 6.61 Å². The molecule has 1 aliphatic rings. The average Bonchev–Trinajstić information content (AvgIpc) is 2.59. The molecule has 0 aliphatic carbocycles. The van der Waals surface area contributed by atoms with Crippen LogP contribution in [-0.2, 0) is 9.47 Å². The Kier molecular flexibility index (Phi) is 5.11. The number of hydrogen-bond donors (Lipinski definition) is 0. The van der Waals surface area contributed by atoms with E-state index >= 15 is 0 Å². The molecule has 2 nitrogen and oxygen atoms in total. The van der Waals surface area contributed by atoms with Crippen molar-refractivity contribution in [3.63, 3.8) is 0 Å². The van der Waals surface area contributed by atoms with E-state index in [9.17, 15) is 0 Å². The fourth-order valence-electron chi connectivity index (χ4n) is 1.57. The second-order valence-corrected chi connectivity index (χ2v) is 6.17. The van der Waals surface area contributed by atoms with Crippen LogP contribution in [0.2, 0.25) is 0 Å². The van der Waals surface area contributed by atoms with Gasteiger partial charge >= 0.3 is 0 Å². The summed E-state index contributed by atoms with van der Waals surface area (Å²) < 4.78 is 12.6. The summed E-state index contributed by atoms with van der Waals surface area (Å²) in [5.74, 6) is -0.322. The maximum Gasteiger partial charge on any atom is 0.168 e. The molecule has 0 aromatic heterocycles. The van der Waals surface area contributed by atoms with E-state index in [0.29, 0.717) is 6.61 Å². The van der Waals surface area contributed by atoms with Gasteiger partial charge in [0.1, 0.15) is 0 Å². The van der Waals surface area contributed by atoms with Gasteiger partial charge in [0.05, 0.1) is 16.1 Å². The Labute approximate surface area is 102 Å². The van der Waals surface area contributed by atoms with Gasteiger partial charge in [0, 0.05) is 0 Å². The van der Waals surface area contributed by atoms with Gasteiger partial charge in [-0.2, -0.15) is 0 Å². The molecule has 14 heavy (non-hydrogen) atoms. The Hall–Kier alpha value is 0.620. The van der Waals surface area contributed by atoms with E-state index in [1.165, 1.54) is 0 Å². The van der Waals surface area contributed by atoms with Crippen molar-refractivity contribution >= 4 is 31.9 Å². The van der Waals surface area contributed by atoms with Crippen LogP contribution < -0.4 is 0 Å². The van der Waals surface area contributed by atoms with E-state index in [1.54, 1.807) is 0 Å². The minimum absolute atomic E-state index is 0.194. The van der Waals surface area contributed by atoms with Crippen LogP contribution in [-0.4, -0.2) is 18.5 Å². The van der Waals surface area contributed by atoms with E-state index in [1.807, 2.05) is 0 Å². The summed E-state index contributed by atoms with van der Waals surface area (Å²) in [7, 11) is 0. The zero-order valence-electron chi connectivity index (χ0n) is 8.56. The van der Waals surface area contributed by atoms with Crippen LogP contribution in [0.4, 0.5) is 0 Å². The molecule has 0 aromatic carbocycles. The quantitative estimate of drug-likeness (QED) is 0.778. The van der Waals surface area contributed by atoms with Gasteiger partial charge in [-0.3, -0.25) is 0 Å². The molecule has 82 valence electrons. The minimum atomic E-state index is -0.322. The van der Waals surface area contributed by atoms with E-state index in [4.69, 9.17) is 9.47 Å². The highest BCUT2D eigenvalue weighted by molar-refractivity contribution is 9.28. The van der Waals surface area contributed by atoms with Crippen LogP contribution in [0.15, 0.2) is 9.47 Å². The molecule has 0 unspecified atom stereocenters. The van der Waals surface area contributed by atoms with Gasteiger partial charge in [-0.15, -0.1) is 0 Å². The zero-order valence-corrected chi connectivity index (χ0v) is 11.7. The Balaban J connectivity index is 2.44. The Bertz CT molecular complexity index is 208. The van der Waals surface area contributed by atoms with Gasteiger partial charge in [-0.25, -0.2) is 0 Å². The van der Waals surface area contributed by atoms with Gasteiger partial charge in [0.25, 0.3) is 0 Å². The molecular formula is C10H16Br2O2. The number of halogens is 2. The highest BCUT2D eigenvalue weighted by atomic mass is 79.9. The summed E-state index contributed by atoms with van der Waals surface area (Å²) in [5, 5.41) is 0. The molecule has 1 rings (SSSR count). The number of hydrogen-bond acceptors (Lipinski definition) is 2. The minimum Gasteiger partial charge on any atom is -0.347 e. The molecule has 0 spiro atoms. The summed E-state index contributed by atoms with van der Waals surface area (Å²) in [6.45, 7) is 4.90. The molecule has 0 radical (unpaired) electrons. The standard InChI is InChI=1S/C10H16Br2O2/c1-3-10(4-2)13-7-8(14-10)5-6-9(11)12/h6,8H,3-5,7H2,1-2H3/t8-/m1/s1. The van der Waals surface area contributed by atoms with Gasteiger partial charge in [-0.05, 0) is 51.1 Å². The Morgan fingerprint density at radius 2 is 2.07 bits per heavy atom. The monoisotopic (exact) mass is 326 g/mol. The number of ether oxygens (including phenoxy) is 2. The van der Waals surface area contributed by atoms with E-state index in [0.717, 1.165) is 22.7 Å². The molecule has 0 N–H and O–H groups in total. The van der Waals surface area contributed by atoms with Crippen molar-refractivity contribution in [1.82, 2.24) is 0 Å². The predicted molar refractivity (Wildman–Crippen MR) is 64.7 cm³/mol. The first-order valence-corrected chi connectivity index (χ1v) is 6.53. The maximum atomic E-state index is 5.89. The molecule has 1 fully saturated rings. The predicted octanol–water partition coefficient (Wildman–Crippen LogP) is 3.94. The summed E-state index contributed by atoms with van der Waals surface area (Å²) >= 11 is 6.65. The van der Waals surface area contributed by atoms with Crippen molar-refractivity contribution in [3.05, 3.63) is 9.47 Å². The fraction of sp³-hybridized carbons (Fsp3) is 0.800. The normalized spacial score (nSPS) is 25.0. The second-order valence-electron chi connectivity index (χ2n) is 3.40. The van der Waals surface area contributed by atoms with E-state index in [2.05, 4.69) is 51.8 Å². The molecule has 0 saturated carbocycles. The first-order chi connectivity index (χ1) is 6.62. The van der Waals surface area contributed by atoms with Gasteiger partial charge < -0.3 is 9.47 Å². The largest absolute Gasteiger partial charge is 0.347 e. The topological polar surface area (TPSA) is 18.5 Å². The second kappa shape index (κ2) is 5.64. The van der Waals surface area contributed by atoms with Crippen molar-refractivity contribution in [1.29, 1.82) is 0 Å². The molecule has 1 aliphatic heterocycles. The van der Waals surface area contributed by atoms with Crippen LogP contribution >= 0.6 is 31.9 Å². The first-order valence-electron chi connectivity index (χ1n) is 4.95. The summed E-state index contributed by atoms with van der Waals surface area (Å²) in [6, 6.07) is 0. The molecule has 1 saturated heterocycles. The third kappa shape index (κ3) is 3.33. The zero-order chi connectivity index (χ0) is 10.6. The smallest absolute Gasteiger partial charge is 0.168 e. The molecule has 0 amide bonds. The van der Waals surface area contributed by atoms with E-state index < -0.39 is 0 Å². The fourth-order valence-corrected chi connectivity index (χ4v) is 1.95. The van der Waals surface area contributed by atoms with Crippen molar-refractivity contribution in [2.24, 2.45) is 0 Å². The van der Waals surface area contributed by atoms with Crippen LogP contribution in [0.5, 0.6) is 0 Å². The highest BCUT2D eigenvalue weighted by Crippen LogP contribution is 2.31. The first kappa shape index (κ1) is 12.7. The lowest BCUT2D eigenvalue weighted by molar-refractivity contribution is -0.171. The van der Waals surface area contributed by atoms with Crippen LogP contribution in [0.25, 0.3) is 0 Å². The lowest BCUT2D eigenvalue weighted by atomic mass is 10.1. The SMILES string of the molecule is CCC1(CC)OC[C@@H](CC=C(Br)Br)O1. The maximum absolute atomic E-state index is 5.89. The third-order valence-corrected chi connectivity index (χ3v) is 3.17. The van der Waals surface area contributed by atoms with Crippen molar-refractivity contribution < 1.29 is 9.47 Å². The Morgan fingerprint density at radius 1 is 1.43 bits per heavy atom. The molecular weight excluding hydrogens is 312 g/mol. The molecule has 1 heterocycles. The lowest BCUT2D eigenvalue weighted by Crippen LogP contribution is -2.28. The van der Waals surface area contributed by atoms with Gasteiger partial charge in [0.2, 0.25) is 0 Å². The average molecular weight is 328 g/mol. The molecule has 4 heteroatoms. The lowest BCUT2D eigenvalue weighted by Gasteiger charge is -2.24. The summed E-state index contributed by atoms with van der Waals surface area (Å²) in [4.78, 5) is 0. The van der Waals surface area contributed by atoms with Gasteiger partial charge in [0.15, 0.2) is 5.79 Å². The van der Waals surface area contributed by atoms with Crippen LogP contribution in [0.1, 0.15) is 33.1 Å². The third-order valence-electron chi connectivity index (χ3n) is 2.53. The van der Waals surface area contributed by atoms with E-state index in [-0.39, 0.29) is 11.9 Å². The van der Waals surface area contributed by atoms with Crippen molar-refractivity contribution in [3.8, 4) is 0 Å². The van der Waals surface area contributed by atoms with Crippen LogP contribution in [0, 0.1) is 0 Å². The molecule has 0 bridgehead atoms. The Morgan fingerprint density at radius 3 is 2.50 bits per heavy atom. The number of rotatable bonds is 4. The van der Waals surface area contributed by atoms with Crippen molar-refractivity contribution in [2.45, 2.75) is 45.0 Å². The molecule has 0 aromatic rings. The van der Waals surface area contributed by atoms with Gasteiger partial charge in [-0.1, -0.05) is 19.9 Å². The highest BCUT2D eigenvalue weighted by Gasteiger charge is 2.37.